The minimum Gasteiger partial charge on any atom is -0.495 e. The standard InChI is InChI=1S/C11H13ClN2O4/c1-18-10-5-4-8(14(16)17)7-9(10)13-11(15)3-2-6-12/h4-5,7H,2-3,6H2,1H3,(H,13,15). The van der Waals surface area contributed by atoms with Gasteiger partial charge in [-0.3, -0.25) is 14.9 Å². The lowest BCUT2D eigenvalue weighted by Crippen LogP contribution is -2.12. The zero-order chi connectivity index (χ0) is 13.5. The number of hydrogen-bond donors (Lipinski definition) is 1. The van der Waals surface area contributed by atoms with Gasteiger partial charge in [0.2, 0.25) is 5.91 Å². The molecule has 1 N–H and O–H groups in total. The van der Waals surface area contributed by atoms with Crippen molar-refractivity contribution in [3.05, 3.63) is 28.3 Å². The number of benzene rings is 1. The van der Waals surface area contributed by atoms with Crippen molar-refractivity contribution < 1.29 is 14.5 Å². The first kappa shape index (κ1) is 14.2. The summed E-state index contributed by atoms with van der Waals surface area (Å²) in [6.07, 6.45) is 0.806. The number of nitrogens with zero attached hydrogens (tertiary/aromatic N) is 1. The van der Waals surface area contributed by atoms with Crippen LogP contribution in [0.1, 0.15) is 12.8 Å². The molecule has 0 aliphatic carbocycles. The Hall–Kier alpha value is -1.82. The number of non-ortho nitro benzene ring substituents is 1. The molecule has 0 aliphatic rings. The number of halogens is 1. The van der Waals surface area contributed by atoms with Gasteiger partial charge in [0.25, 0.3) is 5.69 Å². The van der Waals surface area contributed by atoms with Gasteiger partial charge in [-0.25, -0.2) is 0 Å². The van der Waals surface area contributed by atoms with Gasteiger partial charge in [-0.05, 0) is 12.5 Å². The molecule has 0 unspecified atom stereocenters. The molecule has 0 saturated carbocycles. The summed E-state index contributed by atoms with van der Waals surface area (Å²) in [5.74, 6) is 0.508. The van der Waals surface area contributed by atoms with Crippen molar-refractivity contribution >= 4 is 28.9 Å². The number of ether oxygens (including phenoxy) is 1. The molecule has 0 aromatic heterocycles. The van der Waals surface area contributed by atoms with E-state index in [9.17, 15) is 14.9 Å². The number of rotatable bonds is 6. The van der Waals surface area contributed by atoms with E-state index in [0.717, 1.165) is 0 Å². The maximum atomic E-state index is 11.5. The third kappa shape index (κ3) is 3.89. The maximum Gasteiger partial charge on any atom is 0.271 e. The summed E-state index contributed by atoms with van der Waals surface area (Å²) in [7, 11) is 1.43. The summed E-state index contributed by atoms with van der Waals surface area (Å²) in [5.41, 5.74) is 0.176. The van der Waals surface area contributed by atoms with Crippen LogP contribution in [0.3, 0.4) is 0 Å². The molecule has 98 valence electrons. The van der Waals surface area contributed by atoms with E-state index in [4.69, 9.17) is 16.3 Å². The number of nitrogens with one attached hydrogen (secondary N) is 1. The number of carbonyl (C=O) groups excluding carboxylic acids is 1. The van der Waals surface area contributed by atoms with Crippen LogP contribution in [-0.2, 0) is 4.79 Å². The fourth-order valence-corrected chi connectivity index (χ4v) is 1.48. The average molecular weight is 273 g/mol. The van der Waals surface area contributed by atoms with E-state index in [0.29, 0.717) is 18.1 Å². The first-order valence-corrected chi connectivity index (χ1v) is 5.80. The second kappa shape index (κ2) is 6.80. The van der Waals surface area contributed by atoms with Crippen molar-refractivity contribution in [2.24, 2.45) is 0 Å². The highest BCUT2D eigenvalue weighted by Crippen LogP contribution is 2.28. The molecule has 6 nitrogen and oxygen atoms in total. The van der Waals surface area contributed by atoms with Crippen LogP contribution in [0.4, 0.5) is 11.4 Å². The molecule has 0 heterocycles. The number of anilines is 1. The summed E-state index contributed by atoms with van der Waals surface area (Å²) in [6.45, 7) is 0. The van der Waals surface area contributed by atoms with Gasteiger partial charge < -0.3 is 10.1 Å². The van der Waals surface area contributed by atoms with Crippen molar-refractivity contribution in [3.8, 4) is 5.75 Å². The van der Waals surface area contributed by atoms with Crippen molar-refractivity contribution in [3.63, 3.8) is 0 Å². The quantitative estimate of drug-likeness (QED) is 0.490. The van der Waals surface area contributed by atoms with Crippen LogP contribution >= 0.6 is 11.6 Å². The second-order valence-corrected chi connectivity index (χ2v) is 3.86. The number of hydrogen-bond acceptors (Lipinski definition) is 4. The highest BCUT2D eigenvalue weighted by atomic mass is 35.5. The van der Waals surface area contributed by atoms with Crippen molar-refractivity contribution in [2.45, 2.75) is 12.8 Å². The highest BCUT2D eigenvalue weighted by molar-refractivity contribution is 6.18. The first-order chi connectivity index (χ1) is 8.58. The van der Waals surface area contributed by atoms with Gasteiger partial charge in [-0.1, -0.05) is 0 Å². The zero-order valence-corrected chi connectivity index (χ0v) is 10.6. The monoisotopic (exact) mass is 272 g/mol. The zero-order valence-electron chi connectivity index (χ0n) is 9.81. The molecule has 0 fully saturated rings. The van der Waals surface area contributed by atoms with Gasteiger partial charge >= 0.3 is 0 Å². The molecule has 7 heteroatoms. The molecule has 1 aromatic carbocycles. The number of amides is 1. The van der Waals surface area contributed by atoms with Crippen LogP contribution in [0.25, 0.3) is 0 Å². The summed E-state index contributed by atoms with van der Waals surface area (Å²) < 4.78 is 5.02. The van der Waals surface area contributed by atoms with Crippen LogP contribution < -0.4 is 10.1 Å². The van der Waals surface area contributed by atoms with Crippen molar-refractivity contribution in [1.29, 1.82) is 0 Å². The Bertz CT molecular complexity index is 451. The molecule has 18 heavy (non-hydrogen) atoms. The lowest BCUT2D eigenvalue weighted by molar-refractivity contribution is -0.384. The summed E-state index contributed by atoms with van der Waals surface area (Å²) in [4.78, 5) is 21.6. The maximum absolute atomic E-state index is 11.5. The molecule has 1 amide bonds. The van der Waals surface area contributed by atoms with E-state index < -0.39 is 4.92 Å². The van der Waals surface area contributed by atoms with Gasteiger partial charge in [0, 0.05) is 24.4 Å². The molecule has 1 rings (SSSR count). The normalized spacial score (nSPS) is 9.89. The molecule has 1 aromatic rings. The fourth-order valence-electron chi connectivity index (χ4n) is 1.35. The second-order valence-electron chi connectivity index (χ2n) is 3.48. The van der Waals surface area contributed by atoms with Crippen LogP contribution in [0, 0.1) is 10.1 Å². The first-order valence-electron chi connectivity index (χ1n) is 5.26. The molecule has 0 atom stereocenters. The van der Waals surface area contributed by atoms with E-state index in [1.807, 2.05) is 0 Å². The number of nitro groups is 1. The Morgan fingerprint density at radius 1 is 1.56 bits per heavy atom. The van der Waals surface area contributed by atoms with Crippen LogP contribution in [0.2, 0.25) is 0 Å². The molecule has 0 aliphatic heterocycles. The average Bonchev–Trinajstić information content (AvgIpc) is 2.36. The largest absolute Gasteiger partial charge is 0.495 e. The summed E-state index contributed by atoms with van der Waals surface area (Å²) >= 11 is 5.48. The van der Waals surface area contributed by atoms with E-state index in [1.165, 1.54) is 25.3 Å². The summed E-state index contributed by atoms with van der Waals surface area (Å²) in [6, 6.07) is 4.01. The fraction of sp³-hybridized carbons (Fsp3) is 0.364. The Morgan fingerprint density at radius 2 is 2.28 bits per heavy atom. The van der Waals surface area contributed by atoms with Gasteiger partial charge in [0.1, 0.15) is 5.75 Å². The molecule has 0 saturated heterocycles. The third-order valence-electron chi connectivity index (χ3n) is 2.21. The molecule has 0 spiro atoms. The van der Waals surface area contributed by atoms with Crippen LogP contribution in [0.15, 0.2) is 18.2 Å². The van der Waals surface area contributed by atoms with Crippen LogP contribution in [-0.4, -0.2) is 23.8 Å². The predicted molar refractivity (Wildman–Crippen MR) is 68.2 cm³/mol. The van der Waals surface area contributed by atoms with Gasteiger partial charge in [0.05, 0.1) is 17.7 Å². The topological polar surface area (TPSA) is 81.5 Å². The molecular formula is C11H13ClN2O4. The van der Waals surface area contributed by atoms with Crippen molar-refractivity contribution in [1.82, 2.24) is 0 Å². The lowest BCUT2D eigenvalue weighted by Gasteiger charge is -2.09. The van der Waals surface area contributed by atoms with E-state index in [1.54, 1.807) is 0 Å². The van der Waals surface area contributed by atoms with Gasteiger partial charge in [0.15, 0.2) is 0 Å². The number of nitro benzene ring substituents is 1. The number of alkyl halides is 1. The Balaban J connectivity index is 2.87. The van der Waals surface area contributed by atoms with E-state index in [2.05, 4.69) is 5.32 Å². The molecule has 0 radical (unpaired) electrons. The smallest absolute Gasteiger partial charge is 0.271 e. The minimum absolute atomic E-state index is 0.108. The van der Waals surface area contributed by atoms with Gasteiger partial charge in [-0.15, -0.1) is 11.6 Å². The predicted octanol–water partition coefficient (Wildman–Crippen LogP) is 2.56. The Kier molecular flexibility index (Phi) is 5.38. The minimum atomic E-state index is -0.534. The Labute approximate surface area is 109 Å². The summed E-state index contributed by atoms with van der Waals surface area (Å²) in [5, 5.41) is 13.2. The van der Waals surface area contributed by atoms with E-state index in [-0.39, 0.29) is 23.7 Å². The number of carbonyl (C=O) groups is 1. The van der Waals surface area contributed by atoms with Crippen LogP contribution in [0.5, 0.6) is 5.75 Å². The van der Waals surface area contributed by atoms with Gasteiger partial charge in [-0.2, -0.15) is 0 Å². The Morgan fingerprint density at radius 3 is 2.83 bits per heavy atom. The molecule has 0 bridgehead atoms. The van der Waals surface area contributed by atoms with Crippen molar-refractivity contribution in [2.75, 3.05) is 18.3 Å². The lowest BCUT2D eigenvalue weighted by atomic mass is 10.2. The highest BCUT2D eigenvalue weighted by Gasteiger charge is 2.13. The van der Waals surface area contributed by atoms with E-state index >= 15 is 0 Å². The third-order valence-corrected chi connectivity index (χ3v) is 2.47. The number of methoxy groups -OCH3 is 1. The SMILES string of the molecule is COc1ccc([N+](=O)[O-])cc1NC(=O)CCCCl. The molecular weight excluding hydrogens is 260 g/mol.